The average molecular weight is 384 g/mol. The maximum absolute atomic E-state index is 12.7. The van der Waals surface area contributed by atoms with E-state index in [-0.39, 0.29) is 11.8 Å². The smallest absolute Gasteiger partial charge is 0.227 e. The second-order valence-electron chi connectivity index (χ2n) is 6.45. The Hall–Kier alpha value is -2.24. The molecule has 6 heteroatoms. The molecule has 4 nitrogen and oxygen atoms in total. The number of thiazole rings is 1. The molecule has 0 saturated carbocycles. The normalized spacial score (nSPS) is 16.2. The van der Waals surface area contributed by atoms with E-state index in [9.17, 15) is 4.79 Å². The van der Waals surface area contributed by atoms with E-state index in [1.54, 1.807) is 17.5 Å². The number of benzene rings is 1. The number of hydrogen-bond donors (Lipinski definition) is 1. The van der Waals surface area contributed by atoms with Gasteiger partial charge in [0, 0.05) is 27.7 Å². The van der Waals surface area contributed by atoms with Crippen molar-refractivity contribution in [2.75, 3.05) is 5.32 Å². The summed E-state index contributed by atoms with van der Waals surface area (Å²) >= 11 is 7.79. The predicted molar refractivity (Wildman–Crippen MR) is 106 cm³/mol. The van der Waals surface area contributed by atoms with Crippen LogP contribution >= 0.6 is 22.9 Å². The van der Waals surface area contributed by atoms with Crippen LogP contribution in [0.4, 0.5) is 5.69 Å². The van der Waals surface area contributed by atoms with Crippen LogP contribution in [0.3, 0.4) is 0 Å². The van der Waals surface area contributed by atoms with Gasteiger partial charge in [0.25, 0.3) is 0 Å². The van der Waals surface area contributed by atoms with Crippen LogP contribution in [0.5, 0.6) is 0 Å². The Bertz CT molecular complexity index is 955. The van der Waals surface area contributed by atoms with E-state index in [4.69, 9.17) is 16.6 Å². The molecule has 2 aromatic heterocycles. The molecule has 1 aliphatic rings. The Labute approximate surface area is 161 Å². The molecular formula is C20H18ClN3OS. The van der Waals surface area contributed by atoms with Crippen LogP contribution in [0.1, 0.15) is 22.6 Å². The molecule has 1 aliphatic carbocycles. The van der Waals surface area contributed by atoms with Crippen molar-refractivity contribution in [1.29, 1.82) is 0 Å². The van der Waals surface area contributed by atoms with Crippen LogP contribution in [0.2, 0.25) is 5.02 Å². The first-order valence-corrected chi connectivity index (χ1v) is 9.77. The van der Waals surface area contributed by atoms with Crippen molar-refractivity contribution in [3.05, 3.63) is 63.8 Å². The lowest BCUT2D eigenvalue weighted by molar-refractivity contribution is -0.120. The van der Waals surface area contributed by atoms with Crippen molar-refractivity contribution >= 4 is 34.5 Å². The zero-order valence-corrected chi connectivity index (χ0v) is 15.9. The lowest BCUT2D eigenvalue weighted by Gasteiger charge is -2.21. The van der Waals surface area contributed by atoms with Gasteiger partial charge in [0.2, 0.25) is 5.91 Å². The van der Waals surface area contributed by atoms with Gasteiger partial charge in [0.05, 0.1) is 11.4 Å². The fourth-order valence-electron chi connectivity index (χ4n) is 3.18. The summed E-state index contributed by atoms with van der Waals surface area (Å²) in [4.78, 5) is 23.0. The first kappa shape index (κ1) is 17.2. The van der Waals surface area contributed by atoms with Crippen molar-refractivity contribution < 1.29 is 4.79 Å². The molecule has 0 bridgehead atoms. The summed E-state index contributed by atoms with van der Waals surface area (Å²) in [6.07, 6.45) is 4.14. The number of carbonyl (C=O) groups excluding carboxylic acids is 1. The molecule has 0 spiro atoms. The number of amides is 1. The number of rotatable bonds is 3. The van der Waals surface area contributed by atoms with E-state index in [0.717, 1.165) is 46.9 Å². The fraction of sp³-hybridized carbons (Fsp3) is 0.250. The molecule has 1 atom stereocenters. The number of aromatic nitrogens is 2. The van der Waals surface area contributed by atoms with E-state index in [2.05, 4.69) is 10.3 Å². The van der Waals surface area contributed by atoms with E-state index in [1.807, 2.05) is 43.3 Å². The van der Waals surface area contributed by atoms with Crippen LogP contribution < -0.4 is 5.32 Å². The molecule has 1 amide bonds. The summed E-state index contributed by atoms with van der Waals surface area (Å²) in [6.45, 7) is 1.92. The van der Waals surface area contributed by atoms with Crippen molar-refractivity contribution in [3.8, 4) is 10.7 Å². The lowest BCUT2D eigenvalue weighted by Crippen LogP contribution is -2.28. The van der Waals surface area contributed by atoms with Gasteiger partial charge >= 0.3 is 0 Å². The molecule has 0 aliphatic heterocycles. The van der Waals surface area contributed by atoms with E-state index >= 15 is 0 Å². The molecule has 1 unspecified atom stereocenters. The van der Waals surface area contributed by atoms with Crippen molar-refractivity contribution in [2.24, 2.45) is 5.92 Å². The Morgan fingerprint density at radius 3 is 2.96 bits per heavy atom. The molecule has 132 valence electrons. The Morgan fingerprint density at radius 1 is 1.27 bits per heavy atom. The van der Waals surface area contributed by atoms with Crippen molar-refractivity contribution in [1.82, 2.24) is 9.97 Å². The molecule has 0 fully saturated rings. The number of hydrogen-bond acceptors (Lipinski definition) is 4. The minimum Gasteiger partial charge on any atom is -0.326 e. The molecule has 0 saturated heterocycles. The molecule has 3 aromatic rings. The van der Waals surface area contributed by atoms with Crippen molar-refractivity contribution in [3.63, 3.8) is 0 Å². The maximum Gasteiger partial charge on any atom is 0.227 e. The molecule has 0 radical (unpaired) electrons. The van der Waals surface area contributed by atoms with Crippen LogP contribution in [0, 0.1) is 12.8 Å². The second-order valence-corrected chi connectivity index (χ2v) is 7.94. The van der Waals surface area contributed by atoms with Gasteiger partial charge in [0.1, 0.15) is 5.01 Å². The fourth-order valence-corrected chi connectivity index (χ4v) is 4.51. The van der Waals surface area contributed by atoms with Gasteiger partial charge in [-0.25, -0.2) is 4.98 Å². The summed E-state index contributed by atoms with van der Waals surface area (Å²) < 4.78 is 0. The Morgan fingerprint density at radius 2 is 2.15 bits per heavy atom. The summed E-state index contributed by atoms with van der Waals surface area (Å²) in [5.74, 6) is 0.00622. The van der Waals surface area contributed by atoms with E-state index < -0.39 is 0 Å². The summed E-state index contributed by atoms with van der Waals surface area (Å²) in [7, 11) is 0. The largest absolute Gasteiger partial charge is 0.326 e. The number of nitrogens with one attached hydrogen (secondary N) is 1. The first-order valence-electron chi connectivity index (χ1n) is 8.58. The highest BCUT2D eigenvalue weighted by Crippen LogP contribution is 2.34. The zero-order chi connectivity index (χ0) is 18.1. The molecular weight excluding hydrogens is 366 g/mol. The molecule has 4 rings (SSSR count). The van der Waals surface area contributed by atoms with E-state index in [0.29, 0.717) is 5.02 Å². The highest BCUT2D eigenvalue weighted by atomic mass is 35.5. The summed E-state index contributed by atoms with van der Waals surface area (Å²) in [6, 6.07) is 11.4. The van der Waals surface area contributed by atoms with Crippen LogP contribution in [-0.4, -0.2) is 15.9 Å². The van der Waals surface area contributed by atoms with Gasteiger partial charge in [-0.1, -0.05) is 23.7 Å². The van der Waals surface area contributed by atoms with Gasteiger partial charge < -0.3 is 5.32 Å². The summed E-state index contributed by atoms with van der Waals surface area (Å²) in [5.41, 5.74) is 3.68. The van der Waals surface area contributed by atoms with Gasteiger partial charge in [0.15, 0.2) is 0 Å². The third-order valence-corrected chi connectivity index (χ3v) is 6.27. The molecule has 2 heterocycles. The van der Waals surface area contributed by atoms with E-state index in [1.165, 1.54) is 4.88 Å². The highest BCUT2D eigenvalue weighted by Gasteiger charge is 2.28. The van der Waals surface area contributed by atoms with Gasteiger partial charge in [-0.2, -0.15) is 0 Å². The van der Waals surface area contributed by atoms with Crippen LogP contribution in [0.15, 0.2) is 42.6 Å². The minimum absolute atomic E-state index is 0.0436. The third kappa shape index (κ3) is 3.37. The summed E-state index contributed by atoms with van der Waals surface area (Å²) in [5, 5.41) is 4.63. The number of pyridine rings is 1. The quantitative estimate of drug-likeness (QED) is 0.699. The number of nitrogens with zero attached hydrogens (tertiary/aromatic N) is 2. The second kappa shape index (κ2) is 7.17. The highest BCUT2D eigenvalue weighted by molar-refractivity contribution is 7.15. The number of fused-ring (bicyclic) bond motifs is 1. The lowest BCUT2D eigenvalue weighted by atomic mass is 9.90. The maximum atomic E-state index is 12.7. The monoisotopic (exact) mass is 383 g/mol. The molecule has 1 N–H and O–H groups in total. The number of carbonyl (C=O) groups is 1. The van der Waals surface area contributed by atoms with Gasteiger partial charge in [-0.05, 0) is 56.0 Å². The number of anilines is 1. The third-order valence-electron chi connectivity index (χ3n) is 4.72. The van der Waals surface area contributed by atoms with Crippen LogP contribution in [0.25, 0.3) is 10.7 Å². The first-order chi connectivity index (χ1) is 12.6. The minimum atomic E-state index is -0.0436. The topological polar surface area (TPSA) is 54.9 Å². The van der Waals surface area contributed by atoms with Gasteiger partial charge in [-0.15, -0.1) is 11.3 Å². The molecule has 26 heavy (non-hydrogen) atoms. The molecule has 1 aromatic carbocycles. The standard InChI is InChI=1S/C20H18ClN3OS/c1-12-14(21)5-4-7-15(12)23-19(25)13-8-9-16-18(11-13)26-20(24-16)17-6-2-3-10-22-17/h2-7,10,13H,8-9,11H2,1H3,(H,23,25). The Balaban J connectivity index is 1.50. The average Bonchev–Trinajstić information content (AvgIpc) is 3.09. The number of halogens is 1. The van der Waals surface area contributed by atoms with Gasteiger partial charge in [-0.3, -0.25) is 9.78 Å². The number of aryl methyl sites for hydroxylation is 1. The SMILES string of the molecule is Cc1c(Cl)cccc1NC(=O)C1CCc2nc(-c3ccccn3)sc2C1. The Kier molecular flexibility index (Phi) is 4.74. The van der Waals surface area contributed by atoms with Crippen LogP contribution in [-0.2, 0) is 17.6 Å². The zero-order valence-electron chi connectivity index (χ0n) is 14.3. The predicted octanol–water partition coefficient (Wildman–Crippen LogP) is 4.91. The van der Waals surface area contributed by atoms with Crippen molar-refractivity contribution in [2.45, 2.75) is 26.2 Å².